The van der Waals surface area contributed by atoms with Crippen molar-refractivity contribution < 1.29 is 9.53 Å². The predicted octanol–water partition coefficient (Wildman–Crippen LogP) is 2.22. The Morgan fingerprint density at radius 2 is 2.09 bits per heavy atom. The Morgan fingerprint density at radius 3 is 2.77 bits per heavy atom. The molecule has 22 heavy (non-hydrogen) atoms. The highest BCUT2D eigenvalue weighted by atomic mass is 79.9. The molecule has 7 heteroatoms. The molecule has 118 valence electrons. The summed E-state index contributed by atoms with van der Waals surface area (Å²) in [4.78, 5) is 13.9. The van der Waals surface area contributed by atoms with E-state index in [2.05, 4.69) is 31.2 Å². The van der Waals surface area contributed by atoms with Gasteiger partial charge in [0.15, 0.2) is 6.61 Å². The van der Waals surface area contributed by atoms with Gasteiger partial charge in [-0.15, -0.1) is 0 Å². The van der Waals surface area contributed by atoms with Crippen molar-refractivity contribution in [2.24, 2.45) is 0 Å². The molecule has 1 amide bonds. The first kappa shape index (κ1) is 16.5. The van der Waals surface area contributed by atoms with Crippen LogP contribution in [-0.2, 0) is 11.3 Å². The fraction of sp³-hybridized carbons (Fsp3) is 0.333. The second-order valence-corrected chi connectivity index (χ2v) is 6.00. The second-order valence-electron chi connectivity index (χ2n) is 5.09. The Kier molecular flexibility index (Phi) is 5.97. The molecule has 6 nitrogen and oxygen atoms in total. The van der Waals surface area contributed by atoms with Gasteiger partial charge in [0.2, 0.25) is 0 Å². The number of rotatable bonds is 7. The Bertz CT molecular complexity index is 610. The van der Waals surface area contributed by atoms with Crippen molar-refractivity contribution in [2.45, 2.75) is 6.54 Å². The fourth-order valence-electron chi connectivity index (χ4n) is 1.73. The van der Waals surface area contributed by atoms with Crippen LogP contribution in [0.1, 0.15) is 0 Å². The van der Waals surface area contributed by atoms with Gasteiger partial charge in [-0.2, -0.15) is 5.10 Å². The third kappa shape index (κ3) is 5.50. The topological polar surface area (TPSA) is 59.4 Å². The third-order valence-corrected chi connectivity index (χ3v) is 3.41. The molecule has 1 heterocycles. The number of anilines is 1. The zero-order chi connectivity index (χ0) is 15.9. The summed E-state index contributed by atoms with van der Waals surface area (Å²) in [7, 11) is 4.01. The van der Waals surface area contributed by atoms with Crippen LogP contribution < -0.4 is 10.1 Å². The number of nitrogens with zero attached hydrogens (tertiary/aromatic N) is 3. The van der Waals surface area contributed by atoms with E-state index in [1.54, 1.807) is 29.2 Å². The van der Waals surface area contributed by atoms with Crippen molar-refractivity contribution >= 4 is 27.5 Å². The summed E-state index contributed by atoms with van der Waals surface area (Å²) in [5, 5.41) is 6.96. The monoisotopic (exact) mass is 366 g/mol. The van der Waals surface area contributed by atoms with Crippen molar-refractivity contribution in [2.75, 3.05) is 32.6 Å². The van der Waals surface area contributed by atoms with E-state index in [1.807, 2.05) is 26.2 Å². The van der Waals surface area contributed by atoms with Crippen LogP contribution in [0.3, 0.4) is 0 Å². The average Bonchev–Trinajstić information content (AvgIpc) is 2.92. The standard InChI is InChI=1S/C15H19BrN4O2/c1-19(2)7-8-20-10-13(9-17-20)18-15(21)11-22-14-5-3-12(16)4-6-14/h3-6,9-10H,7-8,11H2,1-2H3,(H,18,21). The predicted molar refractivity (Wildman–Crippen MR) is 89.0 cm³/mol. The summed E-state index contributed by atoms with van der Waals surface area (Å²) in [6.45, 7) is 1.63. The average molecular weight is 367 g/mol. The van der Waals surface area contributed by atoms with Gasteiger partial charge in [-0.25, -0.2) is 0 Å². The van der Waals surface area contributed by atoms with Crippen LogP contribution in [0.2, 0.25) is 0 Å². The maximum Gasteiger partial charge on any atom is 0.262 e. The van der Waals surface area contributed by atoms with Crippen LogP contribution in [0.5, 0.6) is 5.75 Å². The van der Waals surface area contributed by atoms with Gasteiger partial charge < -0.3 is 15.0 Å². The zero-order valence-corrected chi connectivity index (χ0v) is 14.2. The molecular weight excluding hydrogens is 348 g/mol. The van der Waals surface area contributed by atoms with Gasteiger partial charge in [0.05, 0.1) is 18.4 Å². The fourth-order valence-corrected chi connectivity index (χ4v) is 1.99. The van der Waals surface area contributed by atoms with Crippen LogP contribution in [0.25, 0.3) is 0 Å². The molecule has 0 saturated carbocycles. The van der Waals surface area contributed by atoms with E-state index in [0.717, 1.165) is 17.6 Å². The number of likely N-dealkylation sites (N-methyl/N-ethyl adjacent to an activating group) is 1. The third-order valence-electron chi connectivity index (χ3n) is 2.88. The van der Waals surface area contributed by atoms with E-state index in [-0.39, 0.29) is 12.5 Å². The summed E-state index contributed by atoms with van der Waals surface area (Å²) < 4.78 is 8.18. The number of aromatic nitrogens is 2. The Morgan fingerprint density at radius 1 is 1.36 bits per heavy atom. The lowest BCUT2D eigenvalue weighted by atomic mass is 10.3. The molecule has 0 unspecified atom stereocenters. The molecule has 1 N–H and O–H groups in total. The van der Waals surface area contributed by atoms with E-state index in [0.29, 0.717) is 11.4 Å². The Labute approximate surface area is 138 Å². The molecule has 0 aliphatic rings. The minimum atomic E-state index is -0.213. The van der Waals surface area contributed by atoms with E-state index in [4.69, 9.17) is 4.74 Å². The van der Waals surface area contributed by atoms with Crippen LogP contribution in [-0.4, -0.2) is 47.8 Å². The summed E-state index contributed by atoms with van der Waals surface area (Å²) in [5.74, 6) is 0.440. The van der Waals surface area contributed by atoms with Crippen molar-refractivity contribution in [3.63, 3.8) is 0 Å². The van der Waals surface area contributed by atoms with E-state index in [1.165, 1.54) is 0 Å². The highest BCUT2D eigenvalue weighted by Crippen LogP contribution is 2.16. The number of nitrogens with one attached hydrogen (secondary N) is 1. The molecule has 0 bridgehead atoms. The minimum Gasteiger partial charge on any atom is -0.484 e. The van der Waals surface area contributed by atoms with Crippen molar-refractivity contribution in [3.8, 4) is 5.75 Å². The van der Waals surface area contributed by atoms with E-state index in [9.17, 15) is 4.79 Å². The number of halogens is 1. The maximum atomic E-state index is 11.8. The summed E-state index contributed by atoms with van der Waals surface area (Å²) in [5.41, 5.74) is 0.670. The number of benzene rings is 1. The summed E-state index contributed by atoms with van der Waals surface area (Å²) in [6, 6.07) is 7.33. The van der Waals surface area contributed by atoms with Crippen molar-refractivity contribution in [1.82, 2.24) is 14.7 Å². The molecule has 0 aliphatic heterocycles. The van der Waals surface area contributed by atoms with Gasteiger partial charge in [0, 0.05) is 17.2 Å². The van der Waals surface area contributed by atoms with Gasteiger partial charge >= 0.3 is 0 Å². The van der Waals surface area contributed by atoms with Crippen LogP contribution >= 0.6 is 15.9 Å². The second kappa shape index (κ2) is 7.95. The Hall–Kier alpha value is -1.86. The number of amides is 1. The molecule has 0 fully saturated rings. The quantitative estimate of drug-likeness (QED) is 0.816. The molecule has 2 rings (SSSR count). The largest absolute Gasteiger partial charge is 0.484 e. The Balaban J connectivity index is 1.78. The molecule has 0 atom stereocenters. The number of hydrogen-bond acceptors (Lipinski definition) is 4. The van der Waals surface area contributed by atoms with E-state index < -0.39 is 0 Å². The first-order valence-corrected chi connectivity index (χ1v) is 7.67. The number of carbonyl (C=O) groups excluding carboxylic acids is 1. The SMILES string of the molecule is CN(C)CCn1cc(NC(=O)COc2ccc(Br)cc2)cn1. The van der Waals surface area contributed by atoms with Gasteiger partial charge in [-0.05, 0) is 38.4 Å². The number of carbonyl (C=O) groups is 1. The van der Waals surface area contributed by atoms with Crippen LogP contribution in [0.15, 0.2) is 41.1 Å². The van der Waals surface area contributed by atoms with Gasteiger partial charge in [-0.3, -0.25) is 9.48 Å². The van der Waals surface area contributed by atoms with Crippen molar-refractivity contribution in [1.29, 1.82) is 0 Å². The molecule has 2 aromatic rings. The molecule has 0 radical (unpaired) electrons. The number of ether oxygens (including phenoxy) is 1. The highest BCUT2D eigenvalue weighted by Gasteiger charge is 2.06. The minimum absolute atomic E-state index is 0.0372. The zero-order valence-electron chi connectivity index (χ0n) is 12.6. The van der Waals surface area contributed by atoms with Gasteiger partial charge in [0.25, 0.3) is 5.91 Å². The maximum absolute atomic E-state index is 11.8. The summed E-state index contributed by atoms with van der Waals surface area (Å²) in [6.07, 6.45) is 3.44. The lowest BCUT2D eigenvalue weighted by molar-refractivity contribution is -0.118. The first-order chi connectivity index (χ1) is 10.5. The van der Waals surface area contributed by atoms with Crippen LogP contribution in [0.4, 0.5) is 5.69 Å². The molecule has 1 aromatic heterocycles. The first-order valence-electron chi connectivity index (χ1n) is 6.88. The van der Waals surface area contributed by atoms with Gasteiger partial charge in [0.1, 0.15) is 5.75 Å². The molecule has 1 aromatic carbocycles. The van der Waals surface area contributed by atoms with E-state index >= 15 is 0 Å². The smallest absolute Gasteiger partial charge is 0.262 e. The number of hydrogen-bond donors (Lipinski definition) is 1. The lowest BCUT2D eigenvalue weighted by Gasteiger charge is -2.08. The van der Waals surface area contributed by atoms with Crippen LogP contribution in [0, 0.1) is 0 Å². The normalized spacial score (nSPS) is 10.7. The molecule has 0 aliphatic carbocycles. The van der Waals surface area contributed by atoms with Gasteiger partial charge in [-0.1, -0.05) is 15.9 Å². The summed E-state index contributed by atoms with van der Waals surface area (Å²) >= 11 is 3.35. The molecular formula is C15H19BrN4O2. The molecule has 0 spiro atoms. The lowest BCUT2D eigenvalue weighted by Crippen LogP contribution is -2.20. The highest BCUT2D eigenvalue weighted by molar-refractivity contribution is 9.10. The van der Waals surface area contributed by atoms with Crippen molar-refractivity contribution in [3.05, 3.63) is 41.1 Å². The molecule has 0 saturated heterocycles.